The predicted octanol–water partition coefficient (Wildman–Crippen LogP) is 14.4. The van der Waals surface area contributed by atoms with Crippen LogP contribution in [0.1, 0.15) is 60.1 Å². The first kappa shape index (κ1) is 33.5. The van der Waals surface area contributed by atoms with Gasteiger partial charge < -0.3 is 14.7 Å². The summed E-state index contributed by atoms with van der Waals surface area (Å²) in [6.45, 7) is 4.76. The van der Waals surface area contributed by atoms with Crippen molar-refractivity contribution in [3.63, 3.8) is 0 Å². The van der Waals surface area contributed by atoms with Crippen LogP contribution < -0.4 is 14.7 Å². The van der Waals surface area contributed by atoms with Crippen LogP contribution in [0.2, 0.25) is 0 Å². The van der Waals surface area contributed by atoms with Gasteiger partial charge in [0.05, 0.1) is 17.1 Å². The van der Waals surface area contributed by atoms with Gasteiger partial charge >= 0.3 is 0 Å². The number of anilines is 7. The van der Waals surface area contributed by atoms with Crippen molar-refractivity contribution >= 4 is 52.0 Å². The maximum absolute atomic E-state index is 2.46. The molecule has 2 aliphatic heterocycles. The molecular formula is C54H43N3. The monoisotopic (exact) mass is 733 g/mol. The Balaban J connectivity index is 0.886. The summed E-state index contributed by atoms with van der Waals surface area (Å²) in [4.78, 5) is 7.34. The van der Waals surface area contributed by atoms with Gasteiger partial charge in [-0.3, -0.25) is 0 Å². The van der Waals surface area contributed by atoms with E-state index in [4.69, 9.17) is 0 Å². The van der Waals surface area contributed by atoms with Crippen molar-refractivity contribution in [2.75, 3.05) is 14.7 Å². The third-order valence-corrected chi connectivity index (χ3v) is 12.4. The zero-order chi connectivity index (χ0) is 38.1. The highest BCUT2D eigenvalue weighted by atomic mass is 15.3. The first-order chi connectivity index (χ1) is 28.0. The largest absolute Gasteiger partial charge is 0.310 e. The summed E-state index contributed by atoms with van der Waals surface area (Å²) < 4.78 is 0. The molecule has 0 atom stereocenters. The Hall–Kier alpha value is -6.84. The van der Waals surface area contributed by atoms with Gasteiger partial charge in [0.25, 0.3) is 0 Å². The van der Waals surface area contributed by atoms with E-state index in [2.05, 4.69) is 217 Å². The maximum Gasteiger partial charge on any atom is 0.0703 e. The fraction of sp³-hybridized carbons (Fsp3) is 0.111. The molecule has 0 fully saturated rings. The van der Waals surface area contributed by atoms with Crippen LogP contribution in [0.5, 0.6) is 0 Å². The Kier molecular flexibility index (Phi) is 7.72. The highest BCUT2D eigenvalue weighted by Crippen LogP contribution is 2.53. The van der Waals surface area contributed by atoms with Gasteiger partial charge in [0.1, 0.15) is 0 Å². The van der Waals surface area contributed by atoms with Gasteiger partial charge in [-0.2, -0.15) is 0 Å². The van der Waals surface area contributed by atoms with Crippen LogP contribution in [0, 0.1) is 0 Å². The summed E-state index contributed by atoms with van der Waals surface area (Å²) in [5, 5.41) is 0. The Bertz CT molecular complexity index is 2760. The Labute approximate surface area is 335 Å². The van der Waals surface area contributed by atoms with Crippen LogP contribution >= 0.6 is 0 Å². The normalized spacial score (nSPS) is 15.9. The molecule has 7 aromatic rings. The highest BCUT2D eigenvalue weighted by Gasteiger charge is 2.37. The molecule has 274 valence electrons. The molecular weight excluding hydrogens is 691 g/mol. The fourth-order valence-corrected chi connectivity index (χ4v) is 9.62. The van der Waals surface area contributed by atoms with Crippen molar-refractivity contribution in [2.24, 2.45) is 0 Å². The first-order valence-corrected chi connectivity index (χ1v) is 20.2. The van der Waals surface area contributed by atoms with E-state index < -0.39 is 0 Å². The molecule has 3 nitrogen and oxygen atoms in total. The van der Waals surface area contributed by atoms with E-state index in [1.54, 1.807) is 0 Å². The number of rotatable bonds is 5. The number of benzene rings is 7. The summed E-state index contributed by atoms with van der Waals surface area (Å²) in [7, 11) is 0. The first-order valence-electron chi connectivity index (χ1n) is 20.2. The molecule has 11 rings (SSSR count). The molecule has 0 bridgehead atoms. The lowest BCUT2D eigenvalue weighted by Gasteiger charge is -2.42. The second-order valence-electron chi connectivity index (χ2n) is 16.1. The third-order valence-electron chi connectivity index (χ3n) is 12.4. The Morgan fingerprint density at radius 1 is 0.474 bits per heavy atom. The summed E-state index contributed by atoms with van der Waals surface area (Å²) in [6, 6.07) is 60.3. The molecule has 0 radical (unpaired) electrons. The third kappa shape index (κ3) is 5.41. The number of hydrogen-bond acceptors (Lipinski definition) is 3. The van der Waals surface area contributed by atoms with Crippen LogP contribution in [0.15, 0.2) is 187 Å². The summed E-state index contributed by atoms with van der Waals surface area (Å²) in [6.07, 6.45) is 12.1. The SMILES string of the molecule is CC1(C)c2cc(/C=C/c3ccc(N4C5=C(CCC=C5)N(c5ccccc5)c5ccccc54)cc3)ccc2-c2ccc(N3c4ccccc4Cc4ccccc43)cc21. The highest BCUT2D eigenvalue weighted by molar-refractivity contribution is 5.92. The van der Waals surface area contributed by atoms with Crippen molar-refractivity contribution in [3.05, 3.63) is 221 Å². The van der Waals surface area contributed by atoms with E-state index in [9.17, 15) is 0 Å². The quantitative estimate of drug-likeness (QED) is 0.163. The van der Waals surface area contributed by atoms with Crippen molar-refractivity contribution < 1.29 is 0 Å². The number of fused-ring (bicyclic) bond motifs is 6. The second-order valence-corrected chi connectivity index (χ2v) is 16.1. The van der Waals surface area contributed by atoms with Gasteiger partial charge in [-0.05, 0) is 124 Å². The van der Waals surface area contributed by atoms with Crippen LogP contribution in [0.25, 0.3) is 23.3 Å². The Morgan fingerprint density at radius 2 is 1.02 bits per heavy atom. The number of allylic oxidation sites excluding steroid dienone is 3. The molecule has 0 saturated carbocycles. The van der Waals surface area contributed by atoms with E-state index in [0.29, 0.717) is 0 Å². The molecule has 3 heteroatoms. The molecule has 0 unspecified atom stereocenters. The summed E-state index contributed by atoms with van der Waals surface area (Å²) in [5.74, 6) is 0. The van der Waals surface area contributed by atoms with Crippen molar-refractivity contribution in [1.29, 1.82) is 0 Å². The van der Waals surface area contributed by atoms with Gasteiger partial charge in [0.15, 0.2) is 0 Å². The van der Waals surface area contributed by atoms with Crippen molar-refractivity contribution in [1.82, 2.24) is 0 Å². The molecule has 0 amide bonds. The Morgan fingerprint density at radius 3 is 1.74 bits per heavy atom. The molecule has 0 spiro atoms. The van der Waals surface area contributed by atoms with Gasteiger partial charge in [-0.25, -0.2) is 0 Å². The van der Waals surface area contributed by atoms with E-state index in [-0.39, 0.29) is 5.41 Å². The molecule has 2 aliphatic carbocycles. The maximum atomic E-state index is 2.46. The lowest BCUT2D eigenvalue weighted by molar-refractivity contribution is 0.660. The lowest BCUT2D eigenvalue weighted by Crippen LogP contribution is -2.32. The fourth-order valence-electron chi connectivity index (χ4n) is 9.62. The minimum absolute atomic E-state index is 0.136. The zero-order valence-electron chi connectivity index (χ0n) is 32.4. The van der Waals surface area contributed by atoms with E-state index in [0.717, 1.165) is 19.3 Å². The van der Waals surface area contributed by atoms with Crippen LogP contribution in [0.3, 0.4) is 0 Å². The predicted molar refractivity (Wildman–Crippen MR) is 239 cm³/mol. The second kappa shape index (κ2) is 13.1. The average molecular weight is 734 g/mol. The van der Waals surface area contributed by atoms with Gasteiger partial charge in [-0.15, -0.1) is 0 Å². The zero-order valence-corrected chi connectivity index (χ0v) is 32.4. The molecule has 0 N–H and O–H groups in total. The number of hydrogen-bond donors (Lipinski definition) is 0. The van der Waals surface area contributed by atoms with Gasteiger partial charge in [0, 0.05) is 46.0 Å². The molecule has 57 heavy (non-hydrogen) atoms. The molecule has 0 aromatic heterocycles. The van der Waals surface area contributed by atoms with Gasteiger partial charge in [-0.1, -0.05) is 135 Å². The molecule has 4 aliphatic rings. The molecule has 2 heterocycles. The topological polar surface area (TPSA) is 9.72 Å². The molecule has 7 aromatic carbocycles. The number of nitrogens with zero attached hydrogens (tertiary/aromatic N) is 3. The van der Waals surface area contributed by atoms with Crippen molar-refractivity contribution in [3.8, 4) is 11.1 Å². The van der Waals surface area contributed by atoms with Gasteiger partial charge in [0.2, 0.25) is 0 Å². The molecule has 0 saturated heterocycles. The average Bonchev–Trinajstić information content (AvgIpc) is 3.49. The lowest BCUT2D eigenvalue weighted by atomic mass is 9.81. The number of para-hydroxylation sites is 5. The minimum Gasteiger partial charge on any atom is -0.310 e. The van der Waals surface area contributed by atoms with E-state index >= 15 is 0 Å². The summed E-state index contributed by atoms with van der Waals surface area (Å²) >= 11 is 0. The summed E-state index contributed by atoms with van der Waals surface area (Å²) in [5.41, 5.74) is 21.5. The van der Waals surface area contributed by atoms with Crippen molar-refractivity contribution in [2.45, 2.75) is 38.5 Å². The smallest absolute Gasteiger partial charge is 0.0703 e. The van der Waals surface area contributed by atoms with E-state index in [1.165, 1.54) is 95.7 Å². The van der Waals surface area contributed by atoms with Crippen LogP contribution in [-0.4, -0.2) is 0 Å². The standard InChI is InChI=1S/C54H43N3/c1-54(2)46-34-38(28-32-44(46)45-33-31-43(36-47(45)54)57-48-18-8-6-14-39(48)35-40-15-7-9-19-49(40)57)25-24-37-26-29-42(30-27-37)56-52-22-12-10-20-50(52)55(41-16-4-3-5-17-41)51-21-11-13-23-53(51)56/h3-10,12-20,22-34,36H,11,21,35H2,1-2H3/b25-24+. The van der Waals surface area contributed by atoms with Crippen LogP contribution in [-0.2, 0) is 11.8 Å². The van der Waals surface area contributed by atoms with Crippen LogP contribution in [0.4, 0.5) is 39.8 Å². The van der Waals surface area contributed by atoms with E-state index in [1.807, 2.05) is 0 Å². The minimum atomic E-state index is -0.136.